The summed E-state index contributed by atoms with van der Waals surface area (Å²) in [7, 11) is -4.87. The minimum atomic E-state index is -4.87. The number of benzene rings is 2. The first kappa shape index (κ1) is 27.3. The molecule has 15 heteroatoms. The van der Waals surface area contributed by atoms with Gasteiger partial charge in [-0.15, -0.1) is 11.3 Å². The van der Waals surface area contributed by atoms with Crippen molar-refractivity contribution in [2.45, 2.75) is 24.3 Å². The zero-order chi connectivity index (χ0) is 27.8. The number of carboxylic acid groups (broad SMARTS) is 1. The first-order chi connectivity index (χ1) is 17.8. The number of nitrogens with zero attached hydrogens (tertiary/aromatic N) is 3. The van der Waals surface area contributed by atoms with Crippen molar-refractivity contribution in [3.05, 3.63) is 76.4 Å². The summed E-state index contributed by atoms with van der Waals surface area (Å²) < 4.78 is 71.4. The standard InChI is InChI=1S/C23H17ClF3N5O4S2/c1-23(2,31-22(33)34)20-30-17(18(37-20)15-9-10-28-21(24)29-15)11-5-3-8-14(16(11)27)32-38(35,36)19-12(25)6-4-7-13(19)26/h3-10,31-32H,1-2H3,(H,33,34). The van der Waals surface area contributed by atoms with Crippen LogP contribution in [0.1, 0.15) is 18.9 Å². The lowest BCUT2D eigenvalue weighted by atomic mass is 10.1. The minimum Gasteiger partial charge on any atom is -0.465 e. The lowest BCUT2D eigenvalue weighted by Gasteiger charge is -2.21. The van der Waals surface area contributed by atoms with E-state index in [0.717, 1.165) is 35.6 Å². The summed E-state index contributed by atoms with van der Waals surface area (Å²) in [5.41, 5.74) is -1.77. The molecule has 0 aliphatic rings. The van der Waals surface area contributed by atoms with Gasteiger partial charge in [-0.05, 0) is 55.8 Å². The van der Waals surface area contributed by atoms with E-state index in [9.17, 15) is 27.1 Å². The van der Waals surface area contributed by atoms with Crippen LogP contribution < -0.4 is 10.0 Å². The topological polar surface area (TPSA) is 134 Å². The lowest BCUT2D eigenvalue weighted by Crippen LogP contribution is -2.39. The van der Waals surface area contributed by atoms with E-state index in [-0.39, 0.29) is 32.1 Å². The van der Waals surface area contributed by atoms with Crippen LogP contribution in [0.15, 0.2) is 53.6 Å². The molecule has 38 heavy (non-hydrogen) atoms. The molecule has 2 aromatic heterocycles. The molecule has 2 heterocycles. The molecular formula is C23H17ClF3N5O4S2. The van der Waals surface area contributed by atoms with Gasteiger partial charge in [-0.3, -0.25) is 4.72 Å². The smallest absolute Gasteiger partial charge is 0.405 e. The number of hydrogen-bond donors (Lipinski definition) is 3. The lowest BCUT2D eigenvalue weighted by molar-refractivity contribution is 0.182. The number of thiazole rings is 1. The van der Waals surface area contributed by atoms with Gasteiger partial charge in [0.05, 0.1) is 27.5 Å². The fraction of sp³-hybridized carbons (Fsp3) is 0.130. The minimum absolute atomic E-state index is 0.00403. The summed E-state index contributed by atoms with van der Waals surface area (Å²) in [5.74, 6) is -3.81. The second kappa shape index (κ2) is 10.2. The molecule has 0 atom stereocenters. The predicted octanol–water partition coefficient (Wildman–Crippen LogP) is 5.64. The van der Waals surface area contributed by atoms with Crippen molar-refractivity contribution in [2.24, 2.45) is 0 Å². The van der Waals surface area contributed by atoms with E-state index in [1.165, 1.54) is 24.4 Å². The Balaban J connectivity index is 1.86. The van der Waals surface area contributed by atoms with E-state index in [1.54, 1.807) is 13.8 Å². The maximum Gasteiger partial charge on any atom is 0.405 e. The summed E-state index contributed by atoms with van der Waals surface area (Å²) >= 11 is 6.93. The molecule has 1 amide bonds. The van der Waals surface area contributed by atoms with E-state index < -0.39 is 49.7 Å². The zero-order valence-electron chi connectivity index (χ0n) is 19.5. The second-order valence-electron chi connectivity index (χ2n) is 8.29. The molecule has 9 nitrogen and oxygen atoms in total. The molecule has 4 aromatic rings. The molecule has 0 spiro atoms. The van der Waals surface area contributed by atoms with E-state index >= 15 is 4.39 Å². The first-order valence-corrected chi connectivity index (χ1v) is 13.2. The maximum absolute atomic E-state index is 15.8. The summed E-state index contributed by atoms with van der Waals surface area (Å²) in [4.78, 5) is 22.7. The number of hydrogen-bond acceptors (Lipinski definition) is 7. The third kappa shape index (κ3) is 5.42. The molecular weight excluding hydrogens is 567 g/mol. The fourth-order valence-corrected chi connectivity index (χ4v) is 5.91. The van der Waals surface area contributed by atoms with Crippen LogP contribution in [0.5, 0.6) is 0 Å². The van der Waals surface area contributed by atoms with Crippen LogP contribution in [0.25, 0.3) is 21.8 Å². The molecule has 198 valence electrons. The quantitative estimate of drug-likeness (QED) is 0.240. The highest BCUT2D eigenvalue weighted by Gasteiger charge is 2.31. The van der Waals surface area contributed by atoms with Gasteiger partial charge in [0.25, 0.3) is 10.0 Å². The van der Waals surface area contributed by atoms with Gasteiger partial charge in [0.1, 0.15) is 16.6 Å². The Morgan fingerprint density at radius 1 is 1.05 bits per heavy atom. The van der Waals surface area contributed by atoms with Gasteiger partial charge < -0.3 is 10.4 Å². The van der Waals surface area contributed by atoms with E-state index in [1.807, 2.05) is 4.72 Å². The summed E-state index contributed by atoms with van der Waals surface area (Å²) in [5, 5.41) is 11.7. The third-order valence-corrected chi connectivity index (χ3v) is 8.13. The molecule has 4 rings (SSSR count). The molecule has 0 unspecified atom stereocenters. The zero-order valence-corrected chi connectivity index (χ0v) is 21.8. The molecule has 2 aromatic carbocycles. The van der Waals surface area contributed by atoms with Gasteiger partial charge in [0, 0.05) is 11.8 Å². The van der Waals surface area contributed by atoms with Gasteiger partial charge in [0.15, 0.2) is 10.7 Å². The SMILES string of the molecule is CC(C)(NC(=O)O)c1nc(-c2cccc(NS(=O)(=O)c3c(F)cccc3F)c2F)c(-c2ccnc(Cl)n2)s1. The maximum atomic E-state index is 15.8. The molecule has 0 aliphatic carbocycles. The Hall–Kier alpha value is -3.75. The summed E-state index contributed by atoms with van der Waals surface area (Å²) in [6, 6.07) is 7.67. The largest absolute Gasteiger partial charge is 0.465 e. The normalized spacial score (nSPS) is 11.8. The highest BCUT2D eigenvalue weighted by molar-refractivity contribution is 7.92. The number of carbonyl (C=O) groups is 1. The Morgan fingerprint density at radius 2 is 1.71 bits per heavy atom. The third-order valence-electron chi connectivity index (χ3n) is 5.13. The van der Waals surface area contributed by atoms with Crippen LogP contribution in [0, 0.1) is 17.5 Å². The van der Waals surface area contributed by atoms with Gasteiger partial charge in [-0.25, -0.2) is 41.3 Å². The van der Waals surface area contributed by atoms with Gasteiger partial charge in [-0.2, -0.15) is 0 Å². The van der Waals surface area contributed by atoms with Crippen molar-refractivity contribution < 1.29 is 31.5 Å². The Bertz CT molecular complexity index is 1640. The number of nitrogens with one attached hydrogen (secondary N) is 2. The molecule has 0 aliphatic heterocycles. The van der Waals surface area contributed by atoms with Crippen molar-refractivity contribution in [1.82, 2.24) is 20.3 Å². The van der Waals surface area contributed by atoms with Crippen molar-refractivity contribution in [2.75, 3.05) is 4.72 Å². The van der Waals surface area contributed by atoms with Crippen LogP contribution >= 0.6 is 22.9 Å². The molecule has 3 N–H and O–H groups in total. The second-order valence-corrected chi connectivity index (χ2v) is 11.2. The predicted molar refractivity (Wildman–Crippen MR) is 135 cm³/mol. The molecule has 0 radical (unpaired) electrons. The van der Waals surface area contributed by atoms with E-state index in [4.69, 9.17) is 11.6 Å². The van der Waals surface area contributed by atoms with Gasteiger partial charge >= 0.3 is 6.09 Å². The average molecular weight is 584 g/mol. The highest BCUT2D eigenvalue weighted by atomic mass is 35.5. The summed E-state index contributed by atoms with van der Waals surface area (Å²) in [6.07, 6.45) is 0.0413. The van der Waals surface area contributed by atoms with Crippen LogP contribution in [0.3, 0.4) is 0 Å². The molecule has 0 fully saturated rings. The number of anilines is 1. The van der Waals surface area contributed by atoms with Crippen LogP contribution in [0.2, 0.25) is 5.28 Å². The Labute approximate surface area is 223 Å². The summed E-state index contributed by atoms with van der Waals surface area (Å²) in [6.45, 7) is 3.09. The van der Waals surface area contributed by atoms with Crippen molar-refractivity contribution in [3.63, 3.8) is 0 Å². The van der Waals surface area contributed by atoms with Crippen LogP contribution in [-0.4, -0.2) is 34.6 Å². The number of amides is 1. The number of rotatable bonds is 7. The number of sulfonamides is 1. The fourth-order valence-electron chi connectivity index (χ4n) is 3.45. The molecule has 0 saturated heterocycles. The van der Waals surface area contributed by atoms with Crippen molar-refractivity contribution >= 4 is 44.7 Å². The Morgan fingerprint density at radius 3 is 2.34 bits per heavy atom. The first-order valence-electron chi connectivity index (χ1n) is 10.6. The van der Waals surface area contributed by atoms with Crippen LogP contribution in [0.4, 0.5) is 23.7 Å². The Kier molecular flexibility index (Phi) is 7.32. The van der Waals surface area contributed by atoms with E-state index in [0.29, 0.717) is 0 Å². The van der Waals surface area contributed by atoms with Gasteiger partial charge in [-0.1, -0.05) is 12.1 Å². The highest BCUT2D eigenvalue weighted by Crippen LogP contribution is 2.41. The monoisotopic (exact) mass is 583 g/mol. The number of aromatic nitrogens is 3. The van der Waals surface area contributed by atoms with Gasteiger partial charge in [0.2, 0.25) is 5.28 Å². The van der Waals surface area contributed by atoms with E-state index in [2.05, 4.69) is 20.3 Å². The average Bonchev–Trinajstić information content (AvgIpc) is 3.26. The van der Waals surface area contributed by atoms with Crippen molar-refractivity contribution in [1.29, 1.82) is 0 Å². The number of halogens is 4. The van der Waals surface area contributed by atoms with Crippen molar-refractivity contribution in [3.8, 4) is 21.8 Å². The molecule has 0 saturated carbocycles. The molecule has 0 bridgehead atoms. The van der Waals surface area contributed by atoms with Crippen LogP contribution in [-0.2, 0) is 15.6 Å².